The van der Waals surface area contributed by atoms with Crippen molar-refractivity contribution in [2.75, 3.05) is 0 Å². The molecule has 1 amide bonds. The summed E-state index contributed by atoms with van der Waals surface area (Å²) < 4.78 is 0. The molecule has 0 spiro atoms. The fourth-order valence-corrected chi connectivity index (χ4v) is 1.63. The van der Waals surface area contributed by atoms with Gasteiger partial charge in [-0.3, -0.25) is 9.78 Å². The summed E-state index contributed by atoms with van der Waals surface area (Å²) in [5.74, 6) is -0.129. The summed E-state index contributed by atoms with van der Waals surface area (Å²) in [6, 6.07) is 3.43. The Morgan fingerprint density at radius 1 is 1.50 bits per heavy atom. The number of carbonyl (C=O) groups excluding carboxylic acids is 1. The number of hydrogen-bond acceptors (Lipinski definition) is 3. The molecule has 18 heavy (non-hydrogen) atoms. The molecule has 0 bridgehead atoms. The Kier molecular flexibility index (Phi) is 4.84. The standard InChI is InChI=1S/C14H23N3O/c1-5-10-7-6-8-16-11(10)9-17-13(18)12(15)14(2,3)4/h6-8,12H,5,9,15H2,1-4H3,(H,17,18)/t12-/m1/s1. The molecular formula is C14H23N3O. The molecule has 0 saturated carbocycles. The Bertz CT molecular complexity index is 410. The summed E-state index contributed by atoms with van der Waals surface area (Å²) in [6.45, 7) is 8.37. The minimum atomic E-state index is -0.508. The van der Waals surface area contributed by atoms with Gasteiger partial charge >= 0.3 is 0 Å². The van der Waals surface area contributed by atoms with Gasteiger partial charge in [0.2, 0.25) is 5.91 Å². The van der Waals surface area contributed by atoms with Crippen LogP contribution in [-0.2, 0) is 17.8 Å². The number of nitrogens with two attached hydrogens (primary N) is 1. The molecule has 0 unspecified atom stereocenters. The van der Waals surface area contributed by atoms with Gasteiger partial charge in [-0.25, -0.2) is 0 Å². The van der Waals surface area contributed by atoms with Crippen LogP contribution in [0, 0.1) is 5.41 Å². The van der Waals surface area contributed by atoms with Crippen molar-refractivity contribution < 1.29 is 4.79 Å². The topological polar surface area (TPSA) is 68.0 Å². The number of aryl methyl sites for hydroxylation is 1. The van der Waals surface area contributed by atoms with Crippen LogP contribution < -0.4 is 11.1 Å². The lowest BCUT2D eigenvalue weighted by atomic mass is 9.87. The normalized spacial score (nSPS) is 13.2. The average Bonchev–Trinajstić information content (AvgIpc) is 2.34. The van der Waals surface area contributed by atoms with E-state index in [4.69, 9.17) is 5.73 Å². The lowest BCUT2D eigenvalue weighted by Gasteiger charge is -2.25. The molecule has 1 atom stereocenters. The van der Waals surface area contributed by atoms with Gasteiger partial charge in [-0.1, -0.05) is 33.8 Å². The molecule has 1 rings (SSSR count). The molecule has 0 aliphatic rings. The van der Waals surface area contributed by atoms with Crippen LogP contribution in [0.1, 0.15) is 39.0 Å². The number of nitrogens with zero attached hydrogens (tertiary/aromatic N) is 1. The van der Waals surface area contributed by atoms with E-state index < -0.39 is 6.04 Å². The molecule has 0 aliphatic carbocycles. The molecule has 1 aromatic heterocycles. The van der Waals surface area contributed by atoms with Gasteiger partial charge in [0, 0.05) is 6.20 Å². The van der Waals surface area contributed by atoms with Crippen LogP contribution in [0.2, 0.25) is 0 Å². The third kappa shape index (κ3) is 3.81. The minimum absolute atomic E-state index is 0.129. The summed E-state index contributed by atoms with van der Waals surface area (Å²) >= 11 is 0. The first-order valence-electron chi connectivity index (χ1n) is 6.32. The molecule has 4 nitrogen and oxygen atoms in total. The highest BCUT2D eigenvalue weighted by Crippen LogP contribution is 2.17. The van der Waals surface area contributed by atoms with Crippen LogP contribution in [0.4, 0.5) is 0 Å². The van der Waals surface area contributed by atoms with Gasteiger partial charge in [0.1, 0.15) is 0 Å². The molecule has 1 aromatic rings. The number of pyridine rings is 1. The summed E-state index contributed by atoms with van der Waals surface area (Å²) in [7, 11) is 0. The fraction of sp³-hybridized carbons (Fsp3) is 0.571. The first kappa shape index (κ1) is 14.6. The largest absolute Gasteiger partial charge is 0.349 e. The van der Waals surface area contributed by atoms with E-state index in [0.717, 1.165) is 17.7 Å². The van der Waals surface area contributed by atoms with E-state index in [0.29, 0.717) is 6.54 Å². The van der Waals surface area contributed by atoms with Gasteiger partial charge in [-0.2, -0.15) is 0 Å². The van der Waals surface area contributed by atoms with Crippen LogP contribution in [-0.4, -0.2) is 16.9 Å². The van der Waals surface area contributed by atoms with Crippen molar-refractivity contribution in [3.63, 3.8) is 0 Å². The molecule has 100 valence electrons. The van der Waals surface area contributed by atoms with Gasteiger partial charge in [-0.05, 0) is 23.5 Å². The second-order valence-electron chi connectivity index (χ2n) is 5.52. The fourth-order valence-electron chi connectivity index (χ4n) is 1.63. The Morgan fingerprint density at radius 3 is 2.72 bits per heavy atom. The van der Waals surface area contributed by atoms with Crippen molar-refractivity contribution in [3.8, 4) is 0 Å². The summed E-state index contributed by atoms with van der Waals surface area (Å²) in [5.41, 5.74) is 7.73. The molecule has 0 fully saturated rings. The van der Waals surface area contributed by atoms with Crippen LogP contribution in [0.25, 0.3) is 0 Å². The summed E-state index contributed by atoms with van der Waals surface area (Å²) in [6.07, 6.45) is 2.65. The van der Waals surface area contributed by atoms with E-state index in [1.54, 1.807) is 6.20 Å². The van der Waals surface area contributed by atoms with E-state index in [-0.39, 0.29) is 11.3 Å². The highest BCUT2D eigenvalue weighted by atomic mass is 16.2. The number of amides is 1. The van der Waals surface area contributed by atoms with Crippen LogP contribution in [0.15, 0.2) is 18.3 Å². The van der Waals surface area contributed by atoms with Crippen molar-refractivity contribution in [1.82, 2.24) is 10.3 Å². The summed E-state index contributed by atoms with van der Waals surface area (Å²) in [4.78, 5) is 16.2. The average molecular weight is 249 g/mol. The maximum atomic E-state index is 11.9. The maximum absolute atomic E-state index is 11.9. The van der Waals surface area contributed by atoms with E-state index in [2.05, 4.69) is 17.2 Å². The monoisotopic (exact) mass is 249 g/mol. The molecule has 4 heteroatoms. The first-order chi connectivity index (χ1) is 8.36. The van der Waals surface area contributed by atoms with Gasteiger partial charge in [0.15, 0.2) is 0 Å². The molecule has 0 radical (unpaired) electrons. The van der Waals surface area contributed by atoms with E-state index in [1.807, 2.05) is 32.9 Å². The van der Waals surface area contributed by atoms with Crippen molar-refractivity contribution in [2.24, 2.45) is 11.1 Å². The Balaban J connectivity index is 2.63. The number of aromatic nitrogens is 1. The maximum Gasteiger partial charge on any atom is 0.237 e. The van der Waals surface area contributed by atoms with Crippen molar-refractivity contribution >= 4 is 5.91 Å². The predicted molar refractivity (Wildman–Crippen MR) is 72.9 cm³/mol. The van der Waals surface area contributed by atoms with Gasteiger partial charge < -0.3 is 11.1 Å². The third-order valence-corrected chi connectivity index (χ3v) is 3.01. The molecule has 0 saturated heterocycles. The van der Waals surface area contributed by atoms with E-state index in [1.165, 1.54) is 0 Å². The lowest BCUT2D eigenvalue weighted by Crippen LogP contribution is -2.48. The SMILES string of the molecule is CCc1cccnc1CNC(=O)[C@@H](N)C(C)(C)C. The van der Waals surface area contributed by atoms with Crippen LogP contribution >= 0.6 is 0 Å². The highest BCUT2D eigenvalue weighted by Gasteiger charge is 2.27. The number of carbonyl (C=O) groups is 1. The van der Waals surface area contributed by atoms with E-state index >= 15 is 0 Å². The Hall–Kier alpha value is -1.42. The zero-order valence-electron chi connectivity index (χ0n) is 11.7. The Labute approximate surface area is 109 Å². The smallest absolute Gasteiger partial charge is 0.237 e. The van der Waals surface area contributed by atoms with E-state index in [9.17, 15) is 4.79 Å². The quantitative estimate of drug-likeness (QED) is 0.852. The minimum Gasteiger partial charge on any atom is -0.349 e. The molecule has 0 aliphatic heterocycles. The highest BCUT2D eigenvalue weighted by molar-refractivity contribution is 5.82. The zero-order chi connectivity index (χ0) is 13.8. The molecule has 0 aromatic carbocycles. The Morgan fingerprint density at radius 2 is 2.17 bits per heavy atom. The number of rotatable bonds is 4. The van der Waals surface area contributed by atoms with Gasteiger partial charge in [0.05, 0.1) is 18.3 Å². The van der Waals surface area contributed by atoms with Gasteiger partial charge in [-0.15, -0.1) is 0 Å². The van der Waals surface area contributed by atoms with Crippen molar-refractivity contribution in [2.45, 2.75) is 46.7 Å². The molecular weight excluding hydrogens is 226 g/mol. The molecule has 3 N–H and O–H groups in total. The second-order valence-corrected chi connectivity index (χ2v) is 5.52. The van der Waals surface area contributed by atoms with Crippen LogP contribution in [0.5, 0.6) is 0 Å². The van der Waals surface area contributed by atoms with Crippen LogP contribution in [0.3, 0.4) is 0 Å². The summed E-state index contributed by atoms with van der Waals surface area (Å²) in [5, 5.41) is 2.85. The number of nitrogens with one attached hydrogen (secondary N) is 1. The second kappa shape index (κ2) is 5.96. The predicted octanol–water partition coefficient (Wildman–Crippen LogP) is 1.63. The third-order valence-electron chi connectivity index (χ3n) is 3.01. The van der Waals surface area contributed by atoms with Crippen molar-refractivity contribution in [1.29, 1.82) is 0 Å². The number of hydrogen-bond donors (Lipinski definition) is 2. The zero-order valence-corrected chi connectivity index (χ0v) is 11.7. The van der Waals surface area contributed by atoms with Crippen molar-refractivity contribution in [3.05, 3.63) is 29.6 Å². The lowest BCUT2D eigenvalue weighted by molar-refractivity contribution is -0.124. The first-order valence-corrected chi connectivity index (χ1v) is 6.32. The molecule has 1 heterocycles. The van der Waals surface area contributed by atoms with Gasteiger partial charge in [0.25, 0.3) is 0 Å².